The molecule has 25 atom stereocenters. The van der Waals surface area contributed by atoms with Crippen LogP contribution in [0.4, 0.5) is 0 Å². The molecule has 5 aliphatic heterocycles. The maximum absolute atomic E-state index is 12.5. The first-order chi connectivity index (χ1) is 27.4. The van der Waals surface area contributed by atoms with Crippen molar-refractivity contribution in [2.24, 2.45) is 0 Å². The van der Waals surface area contributed by atoms with Gasteiger partial charge in [0.05, 0.1) is 32.5 Å². The number of hydrogen-bond acceptors (Lipinski definition) is 25. The van der Waals surface area contributed by atoms with Crippen LogP contribution >= 0.6 is 0 Å². The first-order valence-corrected chi connectivity index (χ1v) is 18.5. The number of rotatable bonds is 13. The Labute approximate surface area is 329 Å². The molecule has 0 radical (unpaired) electrons. The minimum atomic E-state index is -2.15. The van der Waals surface area contributed by atoms with Gasteiger partial charge in [0, 0.05) is 6.92 Å². The Morgan fingerprint density at radius 3 is 1.43 bits per heavy atom. The normalized spacial score (nSPS) is 51.6. The van der Waals surface area contributed by atoms with E-state index in [-0.39, 0.29) is 0 Å². The third-order valence-corrected chi connectivity index (χ3v) is 10.7. The molecule has 5 aliphatic rings. The highest BCUT2D eigenvalue weighted by Crippen LogP contribution is 2.36. The lowest BCUT2D eigenvalue weighted by Crippen LogP contribution is -2.70. The lowest BCUT2D eigenvalue weighted by atomic mass is 9.94. The number of ether oxygens (including phenoxy) is 9. The SMILES string of the molecule is CC(=O)N[C@H]1[C@H](O[C@H]2[C@@H](O)[C@@H](CO)O[C@@H](O[C@H]3[C@H](O[C@H]4O[C@@H](C)[C@@H](O)[C@@H](O)[C@@H]4O)[C@@H](O)C(O)O[C@@H]3CO)[C@@H]2O)O[C@H](CO)[C@@H](O)[C@@H]1O[C@@H]1O[C@H](CO)[C@H](O)[C@H](O)[C@H]1O. The summed E-state index contributed by atoms with van der Waals surface area (Å²) >= 11 is 0. The Balaban J connectivity index is 1.42. The van der Waals surface area contributed by atoms with E-state index in [1.54, 1.807) is 0 Å². The Kier molecular flexibility index (Phi) is 16.5. The van der Waals surface area contributed by atoms with Crippen molar-refractivity contribution in [1.29, 1.82) is 0 Å². The molecule has 5 saturated heterocycles. The van der Waals surface area contributed by atoms with Crippen LogP contribution in [0.3, 0.4) is 0 Å². The number of aliphatic hydroxyl groups excluding tert-OH is 15. The molecule has 0 spiro atoms. The molecule has 0 aromatic rings. The van der Waals surface area contributed by atoms with Gasteiger partial charge in [-0.1, -0.05) is 0 Å². The predicted molar refractivity (Wildman–Crippen MR) is 177 cm³/mol. The average molecular weight is 854 g/mol. The van der Waals surface area contributed by atoms with E-state index in [1.165, 1.54) is 6.92 Å². The second-order valence-corrected chi connectivity index (χ2v) is 14.7. The molecule has 0 bridgehead atoms. The highest BCUT2D eigenvalue weighted by atomic mass is 16.8. The van der Waals surface area contributed by atoms with Gasteiger partial charge < -0.3 is 125 Å². The van der Waals surface area contributed by atoms with Gasteiger partial charge in [0.1, 0.15) is 116 Å². The lowest BCUT2D eigenvalue weighted by Gasteiger charge is -2.50. The molecule has 1 amide bonds. The van der Waals surface area contributed by atoms with Gasteiger partial charge in [-0.05, 0) is 6.92 Å². The maximum Gasteiger partial charge on any atom is 0.217 e. The van der Waals surface area contributed by atoms with Crippen LogP contribution in [0.5, 0.6) is 0 Å². The van der Waals surface area contributed by atoms with Gasteiger partial charge in [0.25, 0.3) is 0 Å². The molecule has 5 fully saturated rings. The van der Waals surface area contributed by atoms with Crippen LogP contribution in [0.2, 0.25) is 0 Å². The van der Waals surface area contributed by atoms with Crippen molar-refractivity contribution in [3.63, 3.8) is 0 Å². The minimum absolute atomic E-state index is 0.801. The highest BCUT2D eigenvalue weighted by Gasteiger charge is 2.57. The van der Waals surface area contributed by atoms with Gasteiger partial charge in [0.15, 0.2) is 31.5 Å². The number of hydrogen-bond donors (Lipinski definition) is 16. The Morgan fingerprint density at radius 1 is 0.448 bits per heavy atom. The zero-order valence-electron chi connectivity index (χ0n) is 31.1. The van der Waals surface area contributed by atoms with Gasteiger partial charge >= 0.3 is 0 Å². The van der Waals surface area contributed by atoms with Gasteiger partial charge in [-0.25, -0.2) is 0 Å². The Hall–Kier alpha value is -1.49. The molecule has 0 saturated carbocycles. The molecule has 0 aliphatic carbocycles. The smallest absolute Gasteiger partial charge is 0.217 e. The van der Waals surface area contributed by atoms with E-state index >= 15 is 0 Å². The second kappa shape index (κ2) is 20.1. The summed E-state index contributed by atoms with van der Waals surface area (Å²) in [6.45, 7) is -1.34. The standard InChI is InChI=1S/C32H55NO25/c1-7-14(39)18(43)20(45)30(50-7)58-27-22(47)28(49)51-12(6-37)24(27)55-32-23(48)26(17(42)11(5-36)54-32)57-29-13(33-8(2)38)25(16(41)10(4-35)52-29)56-31-21(46)19(44)15(40)9(3-34)53-31/h7,9-32,34-37,39-49H,3-6H2,1-2H3,(H,33,38)/t7-,9+,10+,11+,12+,13+,14+,15-,16+,17-,18+,19-,20-,21+,22+,23+,24+,25+,26-,27+,28?,29-,30+,31-,32-/m0/s1. The third-order valence-electron chi connectivity index (χ3n) is 10.7. The molecule has 0 aromatic heterocycles. The Morgan fingerprint density at radius 2 is 0.879 bits per heavy atom. The first kappa shape index (κ1) is 47.6. The first-order valence-electron chi connectivity index (χ1n) is 18.5. The molecule has 1 unspecified atom stereocenters. The summed E-state index contributed by atoms with van der Waals surface area (Å²) in [5, 5.41) is 160. The van der Waals surface area contributed by atoms with E-state index < -0.39 is 186 Å². The van der Waals surface area contributed by atoms with Gasteiger partial charge in [-0.15, -0.1) is 0 Å². The summed E-state index contributed by atoms with van der Waals surface area (Å²) < 4.78 is 50.8. The molecule has 26 nitrogen and oxygen atoms in total. The topological polar surface area (TPSA) is 416 Å². The second-order valence-electron chi connectivity index (χ2n) is 14.7. The van der Waals surface area contributed by atoms with Crippen molar-refractivity contribution in [1.82, 2.24) is 5.32 Å². The van der Waals surface area contributed by atoms with E-state index in [4.69, 9.17) is 42.6 Å². The van der Waals surface area contributed by atoms with E-state index in [0.717, 1.165) is 6.92 Å². The summed E-state index contributed by atoms with van der Waals surface area (Å²) in [5.74, 6) is -0.801. The van der Waals surface area contributed by atoms with Crippen LogP contribution in [0.25, 0.3) is 0 Å². The molecule has 0 aromatic carbocycles. The molecule has 5 rings (SSSR count). The highest BCUT2D eigenvalue weighted by molar-refractivity contribution is 5.73. The number of carbonyl (C=O) groups excluding carboxylic acids is 1. The van der Waals surface area contributed by atoms with E-state index in [2.05, 4.69) is 5.32 Å². The van der Waals surface area contributed by atoms with Crippen LogP contribution in [-0.2, 0) is 47.4 Å². The fourth-order valence-electron chi connectivity index (χ4n) is 7.36. The van der Waals surface area contributed by atoms with Crippen molar-refractivity contribution in [2.75, 3.05) is 26.4 Å². The van der Waals surface area contributed by atoms with E-state index in [0.29, 0.717) is 0 Å². The summed E-state index contributed by atoms with van der Waals surface area (Å²) in [4.78, 5) is 12.5. The molecule has 58 heavy (non-hydrogen) atoms. The number of amides is 1. The minimum Gasteiger partial charge on any atom is -0.394 e. The molecular formula is C32H55NO25. The van der Waals surface area contributed by atoms with E-state index in [1.807, 2.05) is 0 Å². The van der Waals surface area contributed by atoms with Crippen LogP contribution in [0, 0.1) is 0 Å². The summed E-state index contributed by atoms with van der Waals surface area (Å²) in [6.07, 6.45) is -43.4. The van der Waals surface area contributed by atoms with Crippen molar-refractivity contribution < 1.29 is 124 Å². The largest absolute Gasteiger partial charge is 0.394 e. The zero-order valence-corrected chi connectivity index (χ0v) is 31.1. The van der Waals surface area contributed by atoms with Gasteiger partial charge in [-0.2, -0.15) is 0 Å². The molecular weight excluding hydrogens is 798 g/mol. The van der Waals surface area contributed by atoms with Crippen LogP contribution < -0.4 is 5.32 Å². The molecule has 338 valence electrons. The predicted octanol–water partition coefficient (Wildman–Crippen LogP) is -10.8. The van der Waals surface area contributed by atoms with Crippen molar-refractivity contribution in [3.8, 4) is 0 Å². The van der Waals surface area contributed by atoms with Crippen molar-refractivity contribution in [3.05, 3.63) is 0 Å². The molecule has 5 heterocycles. The lowest BCUT2D eigenvalue weighted by molar-refractivity contribution is -0.392. The summed E-state index contributed by atoms with van der Waals surface area (Å²) in [6, 6.07) is -1.67. The van der Waals surface area contributed by atoms with Crippen LogP contribution in [0.15, 0.2) is 0 Å². The van der Waals surface area contributed by atoms with Crippen molar-refractivity contribution >= 4 is 5.91 Å². The fourth-order valence-corrected chi connectivity index (χ4v) is 7.36. The fraction of sp³-hybridized carbons (Fsp3) is 0.969. The van der Waals surface area contributed by atoms with E-state index in [9.17, 15) is 81.4 Å². The number of nitrogens with one attached hydrogen (secondary N) is 1. The molecule has 26 heteroatoms. The van der Waals surface area contributed by atoms with Crippen molar-refractivity contribution in [2.45, 2.75) is 167 Å². The summed E-state index contributed by atoms with van der Waals surface area (Å²) in [5.41, 5.74) is 0. The Bertz CT molecular complexity index is 1310. The summed E-state index contributed by atoms with van der Waals surface area (Å²) in [7, 11) is 0. The van der Waals surface area contributed by atoms with Crippen LogP contribution in [-0.4, -0.2) is 262 Å². The monoisotopic (exact) mass is 853 g/mol. The van der Waals surface area contributed by atoms with Crippen LogP contribution in [0.1, 0.15) is 13.8 Å². The maximum atomic E-state index is 12.5. The molecule has 16 N–H and O–H groups in total. The van der Waals surface area contributed by atoms with Gasteiger partial charge in [0.2, 0.25) is 5.91 Å². The average Bonchev–Trinajstić information content (AvgIpc) is 3.19. The zero-order chi connectivity index (χ0) is 42.9. The number of aliphatic hydroxyl groups is 15. The quantitative estimate of drug-likeness (QED) is 0.0818. The number of carbonyl (C=O) groups is 1. The third kappa shape index (κ3) is 9.75. The van der Waals surface area contributed by atoms with Gasteiger partial charge in [-0.3, -0.25) is 4.79 Å².